The molecule has 0 radical (unpaired) electrons. The van der Waals surface area contributed by atoms with Gasteiger partial charge in [0, 0.05) is 11.3 Å². The molecule has 6 heteroatoms. The van der Waals surface area contributed by atoms with E-state index < -0.39 is 11.8 Å². The van der Waals surface area contributed by atoms with E-state index in [1.54, 1.807) is 43.3 Å². The Labute approximate surface area is 160 Å². The molecule has 0 aliphatic rings. The van der Waals surface area contributed by atoms with Crippen molar-refractivity contribution < 1.29 is 14.3 Å². The number of aromatic nitrogens is 1. The fourth-order valence-electron chi connectivity index (χ4n) is 2.60. The van der Waals surface area contributed by atoms with Gasteiger partial charge in [0.15, 0.2) is 0 Å². The van der Waals surface area contributed by atoms with Crippen molar-refractivity contribution in [1.29, 1.82) is 0 Å². The zero-order valence-corrected chi connectivity index (χ0v) is 16.2. The highest BCUT2D eigenvalue weighted by Crippen LogP contribution is 2.13. The van der Waals surface area contributed by atoms with E-state index in [9.17, 15) is 9.59 Å². The Kier molecular flexibility index (Phi) is 7.79. The number of nitrogens with one attached hydrogen (secondary N) is 2. The third-order valence-electron chi connectivity index (χ3n) is 4.14. The molecule has 0 unspecified atom stereocenters. The zero-order valence-electron chi connectivity index (χ0n) is 16.2. The summed E-state index contributed by atoms with van der Waals surface area (Å²) in [6, 6.07) is 10.3. The molecule has 1 aromatic heterocycles. The van der Waals surface area contributed by atoms with E-state index in [0.29, 0.717) is 23.4 Å². The van der Waals surface area contributed by atoms with Gasteiger partial charge in [-0.05, 0) is 56.7 Å². The first-order chi connectivity index (χ1) is 13.0. The first-order valence-corrected chi connectivity index (χ1v) is 9.29. The Morgan fingerprint density at radius 1 is 0.926 bits per heavy atom. The lowest BCUT2D eigenvalue weighted by Crippen LogP contribution is -2.41. The molecule has 0 spiro atoms. The lowest BCUT2D eigenvalue weighted by atomic mass is 10.2. The molecule has 0 saturated carbocycles. The maximum atomic E-state index is 12.2. The Hall–Kier alpha value is -2.89. The highest BCUT2D eigenvalue weighted by Gasteiger charge is 2.12. The van der Waals surface area contributed by atoms with Gasteiger partial charge < -0.3 is 4.74 Å². The summed E-state index contributed by atoms with van der Waals surface area (Å²) < 4.78 is 5.66. The molecule has 1 aromatic carbocycles. The number of amides is 2. The molecule has 2 aromatic rings. The maximum Gasteiger partial charge on any atom is 0.271 e. The number of benzene rings is 1. The minimum atomic E-state index is -0.402. The van der Waals surface area contributed by atoms with E-state index in [1.807, 2.05) is 6.92 Å². The van der Waals surface area contributed by atoms with Gasteiger partial charge in [0.1, 0.15) is 5.75 Å². The normalized spacial score (nSPS) is 10.3. The smallest absolute Gasteiger partial charge is 0.271 e. The van der Waals surface area contributed by atoms with Crippen LogP contribution in [-0.2, 0) is 0 Å². The van der Waals surface area contributed by atoms with E-state index in [2.05, 4.69) is 22.8 Å². The summed E-state index contributed by atoms with van der Waals surface area (Å²) in [5.74, 6) is -0.0654. The molecular weight excluding hydrogens is 342 g/mol. The van der Waals surface area contributed by atoms with Crippen molar-refractivity contribution in [2.75, 3.05) is 6.61 Å². The summed E-state index contributed by atoms with van der Waals surface area (Å²) in [7, 11) is 0. The van der Waals surface area contributed by atoms with Crippen LogP contribution in [0.2, 0.25) is 0 Å². The van der Waals surface area contributed by atoms with Gasteiger partial charge >= 0.3 is 0 Å². The molecule has 2 amide bonds. The highest BCUT2D eigenvalue weighted by atomic mass is 16.5. The summed E-state index contributed by atoms with van der Waals surface area (Å²) in [5.41, 5.74) is 7.14. The summed E-state index contributed by atoms with van der Waals surface area (Å²) in [6.45, 7) is 6.46. The molecule has 2 N–H and O–H groups in total. The van der Waals surface area contributed by atoms with Crippen molar-refractivity contribution in [3.63, 3.8) is 0 Å². The second kappa shape index (κ2) is 10.3. The predicted molar refractivity (Wildman–Crippen MR) is 105 cm³/mol. The largest absolute Gasteiger partial charge is 0.494 e. The van der Waals surface area contributed by atoms with Crippen LogP contribution in [0.25, 0.3) is 0 Å². The minimum absolute atomic E-state index is 0.393. The SMILES string of the molecule is CCCCCCOc1ccc(C(=O)NNC(=O)c2ccc(C)nc2C)cc1. The molecule has 1 heterocycles. The number of hydrogen-bond donors (Lipinski definition) is 2. The third-order valence-corrected chi connectivity index (χ3v) is 4.14. The van der Waals surface area contributed by atoms with Crippen LogP contribution in [-0.4, -0.2) is 23.4 Å². The lowest BCUT2D eigenvalue weighted by molar-refractivity contribution is 0.0846. The number of carbonyl (C=O) groups excluding carboxylic acids is 2. The highest BCUT2D eigenvalue weighted by molar-refractivity contribution is 5.99. The van der Waals surface area contributed by atoms with Gasteiger partial charge in [-0.25, -0.2) is 0 Å². The van der Waals surface area contributed by atoms with Crippen LogP contribution in [0, 0.1) is 13.8 Å². The summed E-state index contributed by atoms with van der Waals surface area (Å²) in [5, 5.41) is 0. The Bertz CT molecular complexity index is 773. The fraction of sp³-hybridized carbons (Fsp3) is 0.381. The van der Waals surface area contributed by atoms with Gasteiger partial charge in [0.25, 0.3) is 11.8 Å². The van der Waals surface area contributed by atoms with Crippen molar-refractivity contribution in [1.82, 2.24) is 15.8 Å². The topological polar surface area (TPSA) is 80.3 Å². The average molecular weight is 369 g/mol. The van der Waals surface area contributed by atoms with Crippen molar-refractivity contribution >= 4 is 11.8 Å². The van der Waals surface area contributed by atoms with Crippen LogP contribution in [0.3, 0.4) is 0 Å². The van der Waals surface area contributed by atoms with Crippen LogP contribution in [0.5, 0.6) is 5.75 Å². The molecular formula is C21H27N3O3. The number of hydrazine groups is 1. The van der Waals surface area contributed by atoms with Crippen LogP contribution < -0.4 is 15.6 Å². The predicted octanol–water partition coefficient (Wildman–Crippen LogP) is 3.73. The van der Waals surface area contributed by atoms with Gasteiger partial charge in [-0.2, -0.15) is 0 Å². The number of ether oxygens (including phenoxy) is 1. The van der Waals surface area contributed by atoms with Gasteiger partial charge in [0.05, 0.1) is 17.9 Å². The van der Waals surface area contributed by atoms with E-state index in [0.717, 1.165) is 24.3 Å². The van der Waals surface area contributed by atoms with E-state index in [4.69, 9.17) is 4.74 Å². The number of hydrogen-bond acceptors (Lipinski definition) is 4. The first kappa shape index (κ1) is 20.4. The molecule has 0 aliphatic carbocycles. The molecule has 27 heavy (non-hydrogen) atoms. The average Bonchev–Trinajstić information content (AvgIpc) is 2.66. The minimum Gasteiger partial charge on any atom is -0.494 e. The van der Waals surface area contributed by atoms with Crippen LogP contribution in [0.1, 0.15) is 64.7 Å². The van der Waals surface area contributed by atoms with Crippen molar-refractivity contribution in [2.24, 2.45) is 0 Å². The van der Waals surface area contributed by atoms with Gasteiger partial charge in [0.2, 0.25) is 0 Å². The standard InChI is InChI=1S/C21H27N3O3/c1-4-5-6-7-14-27-18-11-9-17(10-12-18)20(25)23-24-21(26)19-13-8-15(2)22-16(19)3/h8-13H,4-7,14H2,1-3H3,(H,23,25)(H,24,26). The fourth-order valence-corrected chi connectivity index (χ4v) is 2.60. The molecule has 0 fully saturated rings. The first-order valence-electron chi connectivity index (χ1n) is 9.29. The van der Waals surface area contributed by atoms with Crippen LogP contribution in [0.15, 0.2) is 36.4 Å². The number of carbonyl (C=O) groups is 2. The molecule has 0 saturated heterocycles. The monoisotopic (exact) mass is 369 g/mol. The Morgan fingerprint density at radius 2 is 1.63 bits per heavy atom. The van der Waals surface area contributed by atoms with Crippen LogP contribution >= 0.6 is 0 Å². The van der Waals surface area contributed by atoms with Crippen LogP contribution in [0.4, 0.5) is 0 Å². The molecule has 0 bridgehead atoms. The number of aryl methyl sites for hydroxylation is 2. The summed E-state index contributed by atoms with van der Waals surface area (Å²) in [6.07, 6.45) is 4.59. The molecule has 0 aliphatic heterocycles. The molecule has 0 atom stereocenters. The van der Waals surface area contributed by atoms with E-state index in [1.165, 1.54) is 12.8 Å². The molecule has 2 rings (SSSR count). The number of rotatable bonds is 8. The zero-order chi connectivity index (χ0) is 19.6. The van der Waals surface area contributed by atoms with Crippen molar-refractivity contribution in [3.05, 3.63) is 58.9 Å². The second-order valence-corrected chi connectivity index (χ2v) is 6.43. The lowest BCUT2D eigenvalue weighted by Gasteiger charge is -2.10. The number of unbranched alkanes of at least 4 members (excludes halogenated alkanes) is 3. The Balaban J connectivity index is 1.82. The third kappa shape index (κ3) is 6.40. The van der Waals surface area contributed by atoms with Gasteiger partial charge in [-0.3, -0.25) is 25.4 Å². The van der Waals surface area contributed by atoms with Gasteiger partial charge in [-0.15, -0.1) is 0 Å². The summed E-state index contributed by atoms with van der Waals surface area (Å²) in [4.78, 5) is 28.6. The number of pyridine rings is 1. The Morgan fingerprint density at radius 3 is 2.30 bits per heavy atom. The quantitative estimate of drug-likeness (QED) is 0.549. The maximum absolute atomic E-state index is 12.2. The number of nitrogens with zero attached hydrogens (tertiary/aromatic N) is 1. The van der Waals surface area contributed by atoms with E-state index >= 15 is 0 Å². The second-order valence-electron chi connectivity index (χ2n) is 6.43. The molecule has 6 nitrogen and oxygen atoms in total. The van der Waals surface area contributed by atoms with Crippen molar-refractivity contribution in [2.45, 2.75) is 46.5 Å². The van der Waals surface area contributed by atoms with E-state index in [-0.39, 0.29) is 0 Å². The summed E-state index contributed by atoms with van der Waals surface area (Å²) >= 11 is 0. The molecule has 144 valence electrons. The van der Waals surface area contributed by atoms with Gasteiger partial charge in [-0.1, -0.05) is 26.2 Å². The van der Waals surface area contributed by atoms with Crippen molar-refractivity contribution in [3.8, 4) is 5.75 Å².